The van der Waals surface area contributed by atoms with Crippen LogP contribution in [0.25, 0.3) is 0 Å². The van der Waals surface area contributed by atoms with Gasteiger partial charge in [-0.2, -0.15) is 0 Å². The summed E-state index contributed by atoms with van der Waals surface area (Å²) in [6, 6.07) is 4.24. The summed E-state index contributed by atoms with van der Waals surface area (Å²) in [5.41, 5.74) is 1.22. The Balaban J connectivity index is 1.92. The van der Waals surface area contributed by atoms with Crippen molar-refractivity contribution in [3.05, 3.63) is 23.9 Å². The van der Waals surface area contributed by atoms with Crippen LogP contribution in [0.3, 0.4) is 0 Å². The van der Waals surface area contributed by atoms with Gasteiger partial charge in [0.2, 0.25) is 0 Å². The Morgan fingerprint density at radius 1 is 1.53 bits per heavy atom. The summed E-state index contributed by atoms with van der Waals surface area (Å²) in [4.78, 5) is 9.16. The van der Waals surface area contributed by atoms with Crippen LogP contribution in [-0.2, 0) is 5.33 Å². The minimum absolute atomic E-state index is 0.780. The highest BCUT2D eigenvalue weighted by Gasteiger charge is 2.21. The molecule has 1 atom stereocenters. The first-order valence-corrected chi connectivity index (χ1v) is 7.21. The van der Waals surface area contributed by atoms with Crippen molar-refractivity contribution >= 4 is 21.7 Å². The second-order valence-corrected chi connectivity index (χ2v) is 5.52. The third kappa shape index (κ3) is 3.42. The fraction of sp³-hybridized carbons (Fsp3) is 0.615. The van der Waals surface area contributed by atoms with Crippen molar-refractivity contribution in [2.45, 2.75) is 11.8 Å². The van der Waals surface area contributed by atoms with Crippen LogP contribution in [0, 0.1) is 5.92 Å². The Bertz CT molecular complexity index is 352. The molecule has 17 heavy (non-hydrogen) atoms. The second-order valence-electron chi connectivity index (χ2n) is 4.96. The van der Waals surface area contributed by atoms with E-state index in [0.29, 0.717) is 0 Å². The topological polar surface area (TPSA) is 19.4 Å². The number of rotatable bonds is 4. The lowest BCUT2D eigenvalue weighted by atomic mass is 10.1. The van der Waals surface area contributed by atoms with Crippen LogP contribution in [0.15, 0.2) is 18.3 Å². The van der Waals surface area contributed by atoms with E-state index in [2.05, 4.69) is 56.9 Å². The summed E-state index contributed by atoms with van der Waals surface area (Å²) in [6.07, 6.45) is 3.25. The van der Waals surface area contributed by atoms with Gasteiger partial charge in [0.25, 0.3) is 0 Å². The molecule has 2 rings (SSSR count). The predicted octanol–water partition coefficient (Wildman–Crippen LogP) is 2.36. The van der Waals surface area contributed by atoms with E-state index in [4.69, 9.17) is 0 Å². The molecule has 0 aliphatic carbocycles. The molecule has 1 aromatic rings. The molecular formula is C13H20BrN3. The van der Waals surface area contributed by atoms with Gasteiger partial charge in [0, 0.05) is 31.7 Å². The molecule has 1 saturated heterocycles. The molecular weight excluding hydrogens is 278 g/mol. The fourth-order valence-corrected chi connectivity index (χ4v) is 2.71. The quantitative estimate of drug-likeness (QED) is 0.796. The molecule has 0 aromatic carbocycles. The van der Waals surface area contributed by atoms with Crippen LogP contribution in [0.5, 0.6) is 0 Å². The Labute approximate surface area is 112 Å². The molecule has 1 aliphatic heterocycles. The van der Waals surface area contributed by atoms with E-state index < -0.39 is 0 Å². The zero-order valence-electron chi connectivity index (χ0n) is 10.6. The van der Waals surface area contributed by atoms with Crippen LogP contribution in [0.2, 0.25) is 0 Å². The molecule has 0 radical (unpaired) electrons. The second kappa shape index (κ2) is 5.83. The van der Waals surface area contributed by atoms with Crippen LogP contribution in [-0.4, -0.2) is 43.6 Å². The Hall–Kier alpha value is -0.610. The molecule has 0 bridgehead atoms. The molecule has 0 N–H and O–H groups in total. The van der Waals surface area contributed by atoms with E-state index in [1.807, 2.05) is 6.20 Å². The first-order chi connectivity index (χ1) is 8.19. The third-order valence-electron chi connectivity index (χ3n) is 3.38. The predicted molar refractivity (Wildman–Crippen MR) is 75.7 cm³/mol. The summed E-state index contributed by atoms with van der Waals surface area (Å²) in [6.45, 7) is 3.54. The van der Waals surface area contributed by atoms with E-state index in [1.165, 1.54) is 25.1 Å². The number of hydrogen-bond acceptors (Lipinski definition) is 3. The lowest BCUT2D eigenvalue weighted by Crippen LogP contribution is -2.27. The van der Waals surface area contributed by atoms with Crippen molar-refractivity contribution in [3.8, 4) is 0 Å². The maximum Gasteiger partial charge on any atom is 0.128 e. The zero-order valence-corrected chi connectivity index (χ0v) is 12.2. The number of likely N-dealkylation sites (tertiary alicyclic amines) is 1. The summed E-state index contributed by atoms with van der Waals surface area (Å²) in [5, 5.41) is 0.872. The summed E-state index contributed by atoms with van der Waals surface area (Å²) in [7, 11) is 4.33. The number of nitrogens with zero attached hydrogens (tertiary/aromatic N) is 3. The van der Waals surface area contributed by atoms with Gasteiger partial charge in [-0.3, -0.25) is 0 Å². The van der Waals surface area contributed by atoms with Gasteiger partial charge >= 0.3 is 0 Å². The number of hydrogen-bond donors (Lipinski definition) is 0. The first-order valence-electron chi connectivity index (χ1n) is 6.09. The van der Waals surface area contributed by atoms with Gasteiger partial charge in [-0.25, -0.2) is 4.98 Å². The molecule has 0 amide bonds. The van der Waals surface area contributed by atoms with Crippen molar-refractivity contribution in [3.63, 3.8) is 0 Å². The van der Waals surface area contributed by atoms with Crippen molar-refractivity contribution in [2.75, 3.05) is 38.6 Å². The molecule has 2 heterocycles. The number of pyridine rings is 1. The zero-order chi connectivity index (χ0) is 12.3. The van der Waals surface area contributed by atoms with Gasteiger partial charge in [0.15, 0.2) is 0 Å². The molecule has 94 valence electrons. The van der Waals surface area contributed by atoms with E-state index in [9.17, 15) is 0 Å². The number of anilines is 1. The Kier molecular flexibility index (Phi) is 4.40. The van der Waals surface area contributed by atoms with Crippen LogP contribution < -0.4 is 4.90 Å². The smallest absolute Gasteiger partial charge is 0.128 e. The van der Waals surface area contributed by atoms with Gasteiger partial charge in [0.1, 0.15) is 5.82 Å². The van der Waals surface area contributed by atoms with Gasteiger partial charge < -0.3 is 9.80 Å². The van der Waals surface area contributed by atoms with E-state index >= 15 is 0 Å². The summed E-state index contributed by atoms with van der Waals surface area (Å²) in [5.74, 6) is 1.85. The molecule has 1 aliphatic rings. The first kappa shape index (κ1) is 12.8. The summed E-state index contributed by atoms with van der Waals surface area (Å²) >= 11 is 3.44. The molecule has 1 fully saturated rings. The lowest BCUT2D eigenvalue weighted by Gasteiger charge is -2.22. The third-order valence-corrected chi connectivity index (χ3v) is 4.02. The molecule has 4 heteroatoms. The molecule has 0 spiro atoms. The van der Waals surface area contributed by atoms with Gasteiger partial charge in [0.05, 0.1) is 0 Å². The number of halogens is 1. The highest BCUT2D eigenvalue weighted by atomic mass is 79.9. The van der Waals surface area contributed by atoms with Crippen LogP contribution in [0.4, 0.5) is 5.82 Å². The van der Waals surface area contributed by atoms with Crippen LogP contribution in [0.1, 0.15) is 12.0 Å². The monoisotopic (exact) mass is 297 g/mol. The molecule has 1 unspecified atom stereocenters. The average Bonchev–Trinajstić information content (AvgIpc) is 2.75. The largest absolute Gasteiger partial charge is 0.359 e. The van der Waals surface area contributed by atoms with Crippen molar-refractivity contribution in [1.29, 1.82) is 0 Å². The number of aromatic nitrogens is 1. The van der Waals surface area contributed by atoms with Crippen molar-refractivity contribution in [1.82, 2.24) is 9.88 Å². The highest BCUT2D eigenvalue weighted by molar-refractivity contribution is 9.08. The highest BCUT2D eigenvalue weighted by Crippen LogP contribution is 2.18. The van der Waals surface area contributed by atoms with Crippen molar-refractivity contribution < 1.29 is 0 Å². The van der Waals surface area contributed by atoms with Gasteiger partial charge in [-0.05, 0) is 37.6 Å². The van der Waals surface area contributed by atoms with Crippen molar-refractivity contribution in [2.24, 2.45) is 5.92 Å². The van der Waals surface area contributed by atoms with Gasteiger partial charge in [-0.1, -0.05) is 22.0 Å². The van der Waals surface area contributed by atoms with E-state index in [1.54, 1.807) is 0 Å². The average molecular weight is 298 g/mol. The van der Waals surface area contributed by atoms with E-state index in [0.717, 1.165) is 23.6 Å². The Morgan fingerprint density at radius 2 is 2.35 bits per heavy atom. The maximum atomic E-state index is 4.49. The minimum Gasteiger partial charge on any atom is -0.359 e. The maximum absolute atomic E-state index is 4.49. The standard InChI is InChI=1S/C13H20BrN3/c1-16-6-5-12(9-16)10-17(2)13-4-3-11(7-14)8-15-13/h3-4,8,12H,5-7,9-10H2,1-2H3. The molecule has 1 aromatic heterocycles. The van der Waals surface area contributed by atoms with Crippen LogP contribution >= 0.6 is 15.9 Å². The molecule has 3 nitrogen and oxygen atoms in total. The molecule has 0 saturated carbocycles. The van der Waals surface area contributed by atoms with E-state index in [-0.39, 0.29) is 0 Å². The lowest BCUT2D eigenvalue weighted by molar-refractivity contribution is 0.395. The van der Waals surface area contributed by atoms with Gasteiger partial charge in [-0.15, -0.1) is 0 Å². The minimum atomic E-state index is 0.780. The SMILES string of the molecule is CN1CCC(CN(C)c2ccc(CBr)cn2)C1. The normalized spacial score (nSPS) is 20.8. The Morgan fingerprint density at radius 3 is 2.88 bits per heavy atom. The fourth-order valence-electron chi connectivity index (χ4n) is 2.38. The number of alkyl halides is 1. The summed E-state index contributed by atoms with van der Waals surface area (Å²) < 4.78 is 0.